The molecule has 2 rings (SSSR count). The Hall–Kier alpha value is -1.59. The number of hydrogen-bond acceptors (Lipinski definition) is 5. The molecule has 2 heterocycles. The molecule has 2 aromatic heterocycles. The molecular weight excluding hydrogens is 298 g/mol. The number of thiophene rings is 1. The second-order valence-corrected chi connectivity index (χ2v) is 7.70. The van der Waals surface area contributed by atoms with Gasteiger partial charge in [0.15, 0.2) is 0 Å². The number of esters is 1. The summed E-state index contributed by atoms with van der Waals surface area (Å²) < 4.78 is 10.8. The molecule has 5 heteroatoms. The Morgan fingerprint density at radius 3 is 2.59 bits per heavy atom. The van der Waals surface area contributed by atoms with E-state index in [1.807, 2.05) is 37.8 Å². The van der Waals surface area contributed by atoms with Gasteiger partial charge in [-0.05, 0) is 52.0 Å². The van der Waals surface area contributed by atoms with E-state index in [-0.39, 0.29) is 12.5 Å². The Morgan fingerprint density at radius 2 is 2.05 bits per heavy atom. The van der Waals surface area contributed by atoms with Gasteiger partial charge < -0.3 is 9.15 Å². The molecule has 22 heavy (non-hydrogen) atoms. The van der Waals surface area contributed by atoms with Crippen molar-refractivity contribution in [2.24, 2.45) is 0 Å². The van der Waals surface area contributed by atoms with Crippen molar-refractivity contribution in [3.05, 3.63) is 46.0 Å². The summed E-state index contributed by atoms with van der Waals surface area (Å²) in [6.07, 6.45) is 1.65. The second-order valence-electron chi connectivity index (χ2n) is 6.32. The fourth-order valence-electron chi connectivity index (χ4n) is 2.14. The van der Waals surface area contributed by atoms with Gasteiger partial charge in [-0.1, -0.05) is 0 Å². The van der Waals surface area contributed by atoms with E-state index in [9.17, 15) is 4.79 Å². The minimum atomic E-state index is -0.465. The molecule has 0 unspecified atom stereocenters. The predicted molar refractivity (Wildman–Crippen MR) is 87.7 cm³/mol. The van der Waals surface area contributed by atoms with E-state index in [1.54, 1.807) is 17.6 Å². The summed E-state index contributed by atoms with van der Waals surface area (Å²) in [5, 5.41) is 0. The predicted octanol–water partition coefficient (Wildman–Crippen LogP) is 3.99. The highest BCUT2D eigenvalue weighted by molar-refractivity contribution is 7.11. The van der Waals surface area contributed by atoms with Gasteiger partial charge in [-0.2, -0.15) is 0 Å². The highest BCUT2D eigenvalue weighted by Gasteiger charge is 2.20. The largest absolute Gasteiger partial charge is 0.468 e. The van der Waals surface area contributed by atoms with Gasteiger partial charge in [0.2, 0.25) is 0 Å². The van der Waals surface area contributed by atoms with Crippen LogP contribution in [-0.2, 0) is 22.6 Å². The number of hydrogen-bond donors (Lipinski definition) is 0. The van der Waals surface area contributed by atoms with Crippen molar-refractivity contribution in [2.75, 3.05) is 6.54 Å². The first kappa shape index (κ1) is 16.8. The van der Waals surface area contributed by atoms with Crippen LogP contribution in [0.15, 0.2) is 34.9 Å². The molecule has 0 bridgehead atoms. The summed E-state index contributed by atoms with van der Waals surface area (Å²) in [7, 11) is 0. The van der Waals surface area contributed by atoms with Gasteiger partial charge in [-0.25, -0.2) is 0 Å². The second kappa shape index (κ2) is 7.11. The summed E-state index contributed by atoms with van der Waals surface area (Å²) in [6.45, 7) is 9.26. The lowest BCUT2D eigenvalue weighted by Gasteiger charge is -2.24. The summed E-state index contributed by atoms with van der Waals surface area (Å²) in [4.78, 5) is 16.6. The number of nitrogens with zero attached hydrogens (tertiary/aromatic N) is 1. The van der Waals surface area contributed by atoms with Gasteiger partial charge >= 0.3 is 5.97 Å². The van der Waals surface area contributed by atoms with Crippen molar-refractivity contribution in [3.63, 3.8) is 0 Å². The van der Waals surface area contributed by atoms with Gasteiger partial charge in [0.25, 0.3) is 0 Å². The van der Waals surface area contributed by atoms with Crippen LogP contribution in [-0.4, -0.2) is 23.0 Å². The van der Waals surface area contributed by atoms with Crippen molar-refractivity contribution in [2.45, 2.75) is 46.4 Å². The van der Waals surface area contributed by atoms with E-state index in [1.165, 1.54) is 9.75 Å². The lowest BCUT2D eigenvalue weighted by atomic mass is 10.2. The van der Waals surface area contributed by atoms with Crippen LogP contribution < -0.4 is 0 Å². The minimum Gasteiger partial charge on any atom is -0.468 e. The number of ether oxygens (including phenoxy) is 1. The topological polar surface area (TPSA) is 42.7 Å². The van der Waals surface area contributed by atoms with Crippen molar-refractivity contribution in [1.82, 2.24) is 4.90 Å². The van der Waals surface area contributed by atoms with Crippen LogP contribution in [0, 0.1) is 6.92 Å². The fourth-order valence-corrected chi connectivity index (χ4v) is 3.07. The molecule has 2 aromatic rings. The van der Waals surface area contributed by atoms with E-state index in [0.29, 0.717) is 13.1 Å². The number of aryl methyl sites for hydroxylation is 1. The Morgan fingerprint density at radius 1 is 1.27 bits per heavy atom. The van der Waals surface area contributed by atoms with Gasteiger partial charge in [0, 0.05) is 16.3 Å². The van der Waals surface area contributed by atoms with Crippen LogP contribution >= 0.6 is 11.3 Å². The normalized spacial score (nSPS) is 11.9. The molecule has 0 aromatic carbocycles. The molecule has 0 aliphatic carbocycles. The molecule has 4 nitrogen and oxygen atoms in total. The third kappa shape index (κ3) is 5.66. The van der Waals surface area contributed by atoms with Crippen LogP contribution in [0.4, 0.5) is 0 Å². The summed E-state index contributed by atoms with van der Waals surface area (Å²) in [5.74, 6) is 0.629. The zero-order valence-electron chi connectivity index (χ0n) is 13.6. The van der Waals surface area contributed by atoms with E-state index < -0.39 is 5.60 Å². The monoisotopic (exact) mass is 321 g/mol. The summed E-state index contributed by atoms with van der Waals surface area (Å²) >= 11 is 1.74. The van der Waals surface area contributed by atoms with Gasteiger partial charge in [-0.3, -0.25) is 9.69 Å². The SMILES string of the molecule is Cc1ccc(CN(CC(=O)OC(C)(C)C)Cc2ccco2)s1. The zero-order chi connectivity index (χ0) is 16.2. The first-order chi connectivity index (χ1) is 10.3. The van der Waals surface area contributed by atoms with E-state index >= 15 is 0 Å². The lowest BCUT2D eigenvalue weighted by molar-refractivity contribution is -0.156. The fraction of sp³-hybridized carbons (Fsp3) is 0.471. The van der Waals surface area contributed by atoms with Crippen LogP contribution in [0.3, 0.4) is 0 Å². The van der Waals surface area contributed by atoms with Crippen molar-refractivity contribution in [3.8, 4) is 0 Å². The quantitative estimate of drug-likeness (QED) is 0.754. The molecule has 0 radical (unpaired) electrons. The Bertz CT molecular complexity index is 596. The standard InChI is InChI=1S/C17H23NO3S/c1-13-7-8-15(22-13)11-18(10-14-6-5-9-20-14)12-16(19)21-17(2,3)4/h5-9H,10-12H2,1-4H3. The van der Waals surface area contributed by atoms with Crippen LogP contribution in [0.25, 0.3) is 0 Å². The van der Waals surface area contributed by atoms with Crippen molar-refractivity contribution in [1.29, 1.82) is 0 Å². The maximum Gasteiger partial charge on any atom is 0.320 e. The van der Waals surface area contributed by atoms with Gasteiger partial charge in [0.05, 0.1) is 19.4 Å². The van der Waals surface area contributed by atoms with Crippen LogP contribution in [0.2, 0.25) is 0 Å². The maximum absolute atomic E-state index is 12.1. The smallest absolute Gasteiger partial charge is 0.320 e. The maximum atomic E-state index is 12.1. The molecule has 0 aliphatic rings. The van der Waals surface area contributed by atoms with E-state index in [0.717, 1.165) is 5.76 Å². The molecule has 0 fully saturated rings. The molecule has 0 amide bonds. The average Bonchev–Trinajstić information content (AvgIpc) is 2.98. The minimum absolute atomic E-state index is 0.215. The number of carbonyl (C=O) groups is 1. The molecule has 0 aliphatic heterocycles. The van der Waals surface area contributed by atoms with E-state index in [4.69, 9.17) is 9.15 Å². The first-order valence-electron chi connectivity index (χ1n) is 7.34. The molecule has 120 valence electrons. The number of carbonyl (C=O) groups excluding carboxylic acids is 1. The Balaban J connectivity index is 2.02. The third-order valence-corrected chi connectivity index (χ3v) is 3.89. The van der Waals surface area contributed by atoms with Gasteiger partial charge in [-0.15, -0.1) is 11.3 Å². The molecule has 0 N–H and O–H groups in total. The van der Waals surface area contributed by atoms with Crippen molar-refractivity contribution < 1.29 is 13.9 Å². The van der Waals surface area contributed by atoms with Crippen LogP contribution in [0.1, 0.15) is 36.3 Å². The molecular formula is C17H23NO3S. The Labute approximate surface area is 135 Å². The van der Waals surface area contributed by atoms with E-state index in [2.05, 4.69) is 19.1 Å². The average molecular weight is 321 g/mol. The lowest BCUT2D eigenvalue weighted by Crippen LogP contribution is -2.34. The van der Waals surface area contributed by atoms with Crippen LogP contribution in [0.5, 0.6) is 0 Å². The molecule has 0 spiro atoms. The molecule has 0 atom stereocenters. The summed E-state index contributed by atoms with van der Waals surface area (Å²) in [5.41, 5.74) is -0.465. The highest BCUT2D eigenvalue weighted by Crippen LogP contribution is 2.19. The number of rotatable bonds is 6. The Kier molecular flexibility index (Phi) is 5.42. The van der Waals surface area contributed by atoms with Crippen molar-refractivity contribution >= 4 is 17.3 Å². The molecule has 0 saturated heterocycles. The highest BCUT2D eigenvalue weighted by atomic mass is 32.1. The van der Waals surface area contributed by atoms with Gasteiger partial charge in [0.1, 0.15) is 11.4 Å². The zero-order valence-corrected chi connectivity index (χ0v) is 14.4. The summed E-state index contributed by atoms with van der Waals surface area (Å²) in [6, 6.07) is 7.97. The first-order valence-corrected chi connectivity index (χ1v) is 8.15. The number of furan rings is 1. The molecule has 0 saturated carbocycles. The third-order valence-electron chi connectivity index (χ3n) is 2.91.